The van der Waals surface area contributed by atoms with Crippen LogP contribution in [0.15, 0.2) is 69.0 Å². The van der Waals surface area contributed by atoms with Crippen LogP contribution in [-0.4, -0.2) is 19.7 Å². The Morgan fingerprint density at radius 1 is 1.04 bits per heavy atom. The maximum atomic E-state index is 12.8. The van der Waals surface area contributed by atoms with Crippen molar-refractivity contribution in [2.45, 2.75) is 30.8 Å². The Morgan fingerprint density at radius 3 is 2.63 bits per heavy atom. The lowest BCUT2D eigenvalue weighted by molar-refractivity contribution is 0.527. The molecule has 0 aliphatic carbocycles. The molecule has 0 amide bonds. The van der Waals surface area contributed by atoms with E-state index in [9.17, 15) is 4.79 Å². The van der Waals surface area contributed by atoms with E-state index < -0.39 is 0 Å². The summed E-state index contributed by atoms with van der Waals surface area (Å²) in [7, 11) is 0. The Balaban J connectivity index is 1.61. The molecule has 2 aromatic carbocycles. The summed E-state index contributed by atoms with van der Waals surface area (Å²) in [6.07, 6.45) is 0.853. The van der Waals surface area contributed by atoms with E-state index in [4.69, 9.17) is 4.42 Å². The number of benzene rings is 2. The van der Waals surface area contributed by atoms with Crippen molar-refractivity contribution in [2.75, 3.05) is 0 Å². The molecule has 0 atom stereocenters. The van der Waals surface area contributed by atoms with Gasteiger partial charge in [0.05, 0.1) is 16.7 Å². The van der Waals surface area contributed by atoms with Crippen LogP contribution in [-0.2, 0) is 12.3 Å². The van der Waals surface area contributed by atoms with E-state index >= 15 is 0 Å². The van der Waals surface area contributed by atoms with Crippen LogP contribution in [0.1, 0.15) is 19.2 Å². The van der Waals surface area contributed by atoms with Crippen molar-refractivity contribution < 1.29 is 4.42 Å². The number of hydrogen-bond donors (Lipinski definition) is 0. The highest BCUT2D eigenvalue weighted by molar-refractivity contribution is 7.98. The first-order valence-corrected chi connectivity index (χ1v) is 9.75. The van der Waals surface area contributed by atoms with Crippen molar-refractivity contribution in [2.24, 2.45) is 0 Å². The highest BCUT2D eigenvalue weighted by Crippen LogP contribution is 2.24. The van der Waals surface area contributed by atoms with Crippen molar-refractivity contribution in [1.82, 2.24) is 19.7 Å². The van der Waals surface area contributed by atoms with Crippen molar-refractivity contribution in [1.29, 1.82) is 0 Å². The van der Waals surface area contributed by atoms with Crippen molar-refractivity contribution in [3.8, 4) is 11.5 Å². The van der Waals surface area contributed by atoms with Crippen molar-refractivity contribution in [3.05, 3.63) is 70.8 Å². The van der Waals surface area contributed by atoms with Gasteiger partial charge in [-0.3, -0.25) is 9.36 Å². The van der Waals surface area contributed by atoms with Gasteiger partial charge in [-0.05, 0) is 30.7 Å². The molecule has 27 heavy (non-hydrogen) atoms. The van der Waals surface area contributed by atoms with E-state index in [2.05, 4.69) is 15.2 Å². The molecule has 0 saturated carbocycles. The standard InChI is InChI=1S/C20H18N4O2S/c1-2-12-24-19(25)15-10-6-7-11-16(15)21-20(24)27-13-17-22-23-18(26-17)14-8-4-3-5-9-14/h3-11H,2,12-13H2,1H3. The SMILES string of the molecule is CCCn1c(SCc2nnc(-c3ccccc3)o2)nc2ccccc2c1=O. The molecule has 0 radical (unpaired) electrons. The summed E-state index contributed by atoms with van der Waals surface area (Å²) in [6.45, 7) is 2.66. The maximum Gasteiger partial charge on any atom is 0.262 e. The van der Waals surface area contributed by atoms with Gasteiger partial charge in [0.2, 0.25) is 11.8 Å². The highest BCUT2D eigenvalue weighted by Gasteiger charge is 2.13. The zero-order valence-electron chi connectivity index (χ0n) is 14.8. The predicted octanol–water partition coefficient (Wildman–Crippen LogP) is 4.15. The van der Waals surface area contributed by atoms with Crippen LogP contribution in [0.4, 0.5) is 0 Å². The van der Waals surface area contributed by atoms with Gasteiger partial charge < -0.3 is 4.42 Å². The molecular formula is C20H18N4O2S. The first-order valence-electron chi connectivity index (χ1n) is 8.76. The van der Waals surface area contributed by atoms with Crippen LogP contribution in [0.25, 0.3) is 22.4 Å². The van der Waals surface area contributed by atoms with E-state index in [-0.39, 0.29) is 5.56 Å². The van der Waals surface area contributed by atoms with Gasteiger partial charge in [-0.15, -0.1) is 10.2 Å². The maximum absolute atomic E-state index is 12.8. The normalized spacial score (nSPS) is 11.1. The summed E-state index contributed by atoms with van der Waals surface area (Å²) >= 11 is 1.43. The lowest BCUT2D eigenvalue weighted by Crippen LogP contribution is -2.23. The van der Waals surface area contributed by atoms with Crippen LogP contribution in [0.2, 0.25) is 0 Å². The fraction of sp³-hybridized carbons (Fsp3) is 0.200. The third-order valence-corrected chi connectivity index (χ3v) is 5.05. The van der Waals surface area contributed by atoms with Gasteiger partial charge in [0.25, 0.3) is 5.56 Å². The minimum Gasteiger partial charge on any atom is -0.420 e. The largest absolute Gasteiger partial charge is 0.420 e. The number of nitrogens with zero attached hydrogens (tertiary/aromatic N) is 4. The first kappa shape index (κ1) is 17.5. The molecule has 2 heterocycles. The van der Waals surface area contributed by atoms with Crippen molar-refractivity contribution in [3.63, 3.8) is 0 Å². The van der Waals surface area contributed by atoms with Crippen LogP contribution < -0.4 is 5.56 Å². The second-order valence-electron chi connectivity index (χ2n) is 6.02. The van der Waals surface area contributed by atoms with E-state index in [1.807, 2.05) is 61.5 Å². The molecule has 4 rings (SSSR count). The monoisotopic (exact) mass is 378 g/mol. The number of rotatable bonds is 6. The molecule has 0 spiro atoms. The molecule has 7 heteroatoms. The first-order chi connectivity index (χ1) is 13.3. The molecule has 0 bridgehead atoms. The topological polar surface area (TPSA) is 73.8 Å². The molecule has 0 saturated heterocycles. The third kappa shape index (κ3) is 3.64. The summed E-state index contributed by atoms with van der Waals surface area (Å²) in [5.41, 5.74) is 1.57. The van der Waals surface area contributed by atoms with Crippen LogP contribution >= 0.6 is 11.8 Å². The van der Waals surface area contributed by atoms with Gasteiger partial charge in [0, 0.05) is 12.1 Å². The molecule has 0 fully saturated rings. The summed E-state index contributed by atoms with van der Waals surface area (Å²) in [5, 5.41) is 9.53. The molecule has 2 aromatic heterocycles. The molecule has 0 aliphatic rings. The number of hydrogen-bond acceptors (Lipinski definition) is 6. The van der Waals surface area contributed by atoms with Gasteiger partial charge in [-0.25, -0.2) is 4.98 Å². The smallest absolute Gasteiger partial charge is 0.262 e. The number of aromatic nitrogens is 4. The van der Waals surface area contributed by atoms with E-state index in [0.717, 1.165) is 12.0 Å². The molecule has 136 valence electrons. The second kappa shape index (κ2) is 7.75. The van der Waals surface area contributed by atoms with Gasteiger partial charge in [0.1, 0.15) is 0 Å². The average Bonchev–Trinajstić information content (AvgIpc) is 3.19. The fourth-order valence-electron chi connectivity index (χ4n) is 2.81. The number of thioether (sulfide) groups is 1. The quantitative estimate of drug-likeness (QED) is 0.371. The zero-order chi connectivity index (χ0) is 18.6. The zero-order valence-corrected chi connectivity index (χ0v) is 15.6. The lowest BCUT2D eigenvalue weighted by atomic mass is 10.2. The van der Waals surface area contributed by atoms with Crippen molar-refractivity contribution >= 4 is 22.7 Å². The van der Waals surface area contributed by atoms with Gasteiger partial charge >= 0.3 is 0 Å². The van der Waals surface area contributed by atoms with Gasteiger partial charge in [-0.2, -0.15) is 0 Å². The molecule has 0 aliphatic heterocycles. The van der Waals surface area contributed by atoms with E-state index in [1.165, 1.54) is 11.8 Å². The summed E-state index contributed by atoms with van der Waals surface area (Å²) in [6, 6.07) is 17.1. The molecule has 0 N–H and O–H groups in total. The molecule has 6 nitrogen and oxygen atoms in total. The van der Waals surface area contributed by atoms with E-state index in [1.54, 1.807) is 4.57 Å². The summed E-state index contributed by atoms with van der Waals surface area (Å²) in [4.78, 5) is 17.5. The Hall–Kier alpha value is -2.93. The summed E-state index contributed by atoms with van der Waals surface area (Å²) < 4.78 is 7.47. The number of para-hydroxylation sites is 1. The molecular weight excluding hydrogens is 360 g/mol. The average molecular weight is 378 g/mol. The predicted molar refractivity (Wildman–Crippen MR) is 106 cm³/mol. The second-order valence-corrected chi connectivity index (χ2v) is 6.97. The van der Waals surface area contributed by atoms with E-state index in [0.29, 0.717) is 40.1 Å². The lowest BCUT2D eigenvalue weighted by Gasteiger charge is -2.11. The molecule has 4 aromatic rings. The highest BCUT2D eigenvalue weighted by atomic mass is 32.2. The minimum absolute atomic E-state index is 0.0135. The van der Waals surface area contributed by atoms with Crippen LogP contribution in [0, 0.1) is 0 Å². The third-order valence-electron chi connectivity index (χ3n) is 4.09. The Bertz CT molecular complexity index is 1120. The Kier molecular flexibility index (Phi) is 5.02. The number of fused-ring (bicyclic) bond motifs is 1. The Labute approximate surface area is 160 Å². The molecule has 0 unspecified atom stereocenters. The van der Waals surface area contributed by atoms with Crippen LogP contribution in [0.5, 0.6) is 0 Å². The fourth-order valence-corrected chi connectivity index (χ4v) is 3.68. The van der Waals surface area contributed by atoms with Gasteiger partial charge in [-0.1, -0.05) is 49.0 Å². The van der Waals surface area contributed by atoms with Gasteiger partial charge in [0.15, 0.2) is 5.16 Å². The Morgan fingerprint density at radius 2 is 1.81 bits per heavy atom. The summed E-state index contributed by atoms with van der Waals surface area (Å²) in [5.74, 6) is 1.45. The minimum atomic E-state index is -0.0135. The van der Waals surface area contributed by atoms with Crippen LogP contribution in [0.3, 0.4) is 0 Å².